The van der Waals surface area contributed by atoms with Crippen LogP contribution in [0.25, 0.3) is 11.0 Å². The zero-order valence-corrected chi connectivity index (χ0v) is 15.9. The Bertz CT molecular complexity index is 1010. The van der Waals surface area contributed by atoms with Crippen molar-refractivity contribution < 1.29 is 13.9 Å². The number of carbonyl (C=O) groups is 1. The number of hydrogen-bond donors (Lipinski definition) is 1. The number of piperazine rings is 1. The van der Waals surface area contributed by atoms with Crippen molar-refractivity contribution in [2.45, 2.75) is 6.04 Å². The van der Waals surface area contributed by atoms with Gasteiger partial charge in [-0.15, -0.1) is 12.4 Å². The Hall–Kier alpha value is -2.90. The number of nitrogens with zero attached hydrogens (tertiary/aromatic N) is 2. The summed E-state index contributed by atoms with van der Waals surface area (Å²) >= 11 is 0. The molecule has 1 unspecified atom stereocenters. The monoisotopic (exact) mass is 401 g/mol. The maximum absolute atomic E-state index is 12.8. The predicted octanol–water partition coefficient (Wildman–Crippen LogP) is 2.16. The molecule has 1 aromatic carbocycles. The van der Waals surface area contributed by atoms with Gasteiger partial charge in [0.25, 0.3) is 5.91 Å². The lowest BCUT2D eigenvalue weighted by Gasteiger charge is -2.36. The van der Waals surface area contributed by atoms with Gasteiger partial charge < -0.3 is 19.4 Å². The lowest BCUT2D eigenvalue weighted by atomic mass is 10.1. The van der Waals surface area contributed by atoms with Gasteiger partial charge in [0.2, 0.25) is 0 Å². The summed E-state index contributed by atoms with van der Waals surface area (Å²) in [5.74, 6) is 0.387. The van der Waals surface area contributed by atoms with Crippen molar-refractivity contribution >= 4 is 29.3 Å². The molecule has 1 aliphatic heterocycles. The fourth-order valence-electron chi connectivity index (χ4n) is 3.23. The average molecular weight is 402 g/mol. The number of nitrogens with one attached hydrogen (secondary N) is 1. The Morgan fingerprint density at radius 1 is 1.29 bits per heavy atom. The summed E-state index contributed by atoms with van der Waals surface area (Å²) in [5, 5.41) is 4.11. The van der Waals surface area contributed by atoms with Gasteiger partial charge in [-0.1, -0.05) is 6.07 Å². The van der Waals surface area contributed by atoms with Crippen molar-refractivity contribution in [1.29, 1.82) is 0 Å². The van der Waals surface area contributed by atoms with E-state index in [4.69, 9.17) is 9.15 Å². The van der Waals surface area contributed by atoms with Crippen LogP contribution in [0.2, 0.25) is 0 Å². The Labute approximate surface area is 167 Å². The van der Waals surface area contributed by atoms with Crippen LogP contribution in [0, 0.1) is 0 Å². The number of hydrogen-bond acceptors (Lipinski definition) is 6. The summed E-state index contributed by atoms with van der Waals surface area (Å²) in [7, 11) is 0. The summed E-state index contributed by atoms with van der Waals surface area (Å²) in [5.41, 5.74) is 1.00. The predicted molar refractivity (Wildman–Crippen MR) is 107 cm³/mol. The molecule has 0 saturated carbocycles. The van der Waals surface area contributed by atoms with E-state index >= 15 is 0 Å². The quantitative estimate of drug-likeness (QED) is 0.674. The zero-order valence-electron chi connectivity index (χ0n) is 15.0. The Morgan fingerprint density at radius 2 is 2.14 bits per heavy atom. The van der Waals surface area contributed by atoms with Crippen LogP contribution in [0.3, 0.4) is 0 Å². The Morgan fingerprint density at radius 3 is 2.96 bits per heavy atom. The van der Waals surface area contributed by atoms with Gasteiger partial charge >= 0.3 is 5.63 Å². The van der Waals surface area contributed by atoms with Gasteiger partial charge in [0.05, 0.1) is 6.04 Å². The van der Waals surface area contributed by atoms with Crippen LogP contribution >= 0.6 is 12.4 Å². The number of ether oxygens (including phenoxy) is 1. The maximum atomic E-state index is 12.8. The molecule has 1 saturated heterocycles. The fourth-order valence-corrected chi connectivity index (χ4v) is 3.23. The lowest BCUT2D eigenvalue weighted by molar-refractivity contribution is -0.136. The molecular weight excluding hydrogens is 382 g/mol. The van der Waals surface area contributed by atoms with Gasteiger partial charge in [0.1, 0.15) is 11.3 Å². The second-order valence-electron chi connectivity index (χ2n) is 6.34. The Kier molecular flexibility index (Phi) is 6.28. The van der Waals surface area contributed by atoms with Crippen molar-refractivity contribution in [2.24, 2.45) is 0 Å². The van der Waals surface area contributed by atoms with Crippen LogP contribution in [-0.2, 0) is 4.79 Å². The standard InChI is InChI=1S/C20H19N3O4.ClH/c24-19(23-9-8-22-12-17(23)15-2-1-7-21-11-15)13-26-16-5-3-14-4-6-20(25)27-18(14)10-16;/h1-7,10-11,17,22H,8-9,12-13H2;1H. The van der Waals surface area contributed by atoms with Crippen molar-refractivity contribution in [3.63, 3.8) is 0 Å². The number of benzene rings is 1. The second kappa shape index (κ2) is 8.86. The number of pyridine rings is 1. The zero-order chi connectivity index (χ0) is 18.6. The van der Waals surface area contributed by atoms with E-state index in [0.29, 0.717) is 24.4 Å². The molecule has 1 aliphatic rings. The molecule has 0 aliphatic carbocycles. The lowest BCUT2D eigenvalue weighted by Crippen LogP contribution is -2.50. The summed E-state index contributed by atoms with van der Waals surface area (Å²) in [6.07, 6.45) is 3.50. The number of rotatable bonds is 4. The van der Waals surface area contributed by atoms with Gasteiger partial charge in [0.15, 0.2) is 6.61 Å². The third-order valence-corrected chi connectivity index (χ3v) is 4.59. The normalized spacial score (nSPS) is 16.4. The van der Waals surface area contributed by atoms with Crippen molar-refractivity contribution in [2.75, 3.05) is 26.2 Å². The van der Waals surface area contributed by atoms with E-state index in [2.05, 4.69) is 10.3 Å². The van der Waals surface area contributed by atoms with E-state index in [1.54, 1.807) is 36.7 Å². The van der Waals surface area contributed by atoms with Crippen molar-refractivity contribution in [3.8, 4) is 5.75 Å². The highest BCUT2D eigenvalue weighted by atomic mass is 35.5. The highest BCUT2D eigenvalue weighted by Crippen LogP contribution is 2.23. The first kappa shape index (κ1) is 19.9. The second-order valence-corrected chi connectivity index (χ2v) is 6.34. The molecule has 2 aromatic heterocycles. The molecule has 0 spiro atoms. The fraction of sp³-hybridized carbons (Fsp3) is 0.250. The SMILES string of the molecule is Cl.O=C(COc1ccc2ccc(=O)oc2c1)N1CCNCC1c1cccnc1. The van der Waals surface area contributed by atoms with E-state index in [1.165, 1.54) is 6.07 Å². The molecule has 0 radical (unpaired) electrons. The topological polar surface area (TPSA) is 84.7 Å². The molecule has 1 N–H and O–H groups in total. The average Bonchev–Trinajstić information content (AvgIpc) is 2.72. The highest BCUT2D eigenvalue weighted by molar-refractivity contribution is 5.85. The number of fused-ring (bicyclic) bond motifs is 1. The minimum absolute atomic E-state index is 0. The molecule has 4 rings (SSSR count). The summed E-state index contributed by atoms with van der Waals surface area (Å²) in [6, 6.07) is 12.0. The van der Waals surface area contributed by atoms with Crippen molar-refractivity contribution in [3.05, 3.63) is 70.8 Å². The van der Waals surface area contributed by atoms with Gasteiger partial charge in [-0.05, 0) is 29.8 Å². The molecule has 3 aromatic rings. The van der Waals surface area contributed by atoms with E-state index in [0.717, 1.165) is 17.5 Å². The maximum Gasteiger partial charge on any atom is 0.336 e. The van der Waals surface area contributed by atoms with E-state index in [1.807, 2.05) is 17.0 Å². The third-order valence-electron chi connectivity index (χ3n) is 4.59. The van der Waals surface area contributed by atoms with Crippen LogP contribution < -0.4 is 15.7 Å². The van der Waals surface area contributed by atoms with Crippen LogP contribution in [0.5, 0.6) is 5.75 Å². The van der Waals surface area contributed by atoms with Gasteiger partial charge in [0, 0.05) is 49.5 Å². The molecular formula is C20H20ClN3O4. The van der Waals surface area contributed by atoms with Gasteiger partial charge in [-0.2, -0.15) is 0 Å². The largest absolute Gasteiger partial charge is 0.484 e. The number of amides is 1. The van der Waals surface area contributed by atoms with Gasteiger partial charge in [-0.25, -0.2) is 4.79 Å². The minimum Gasteiger partial charge on any atom is -0.484 e. The molecule has 28 heavy (non-hydrogen) atoms. The molecule has 1 fully saturated rings. The molecule has 1 amide bonds. The molecule has 8 heteroatoms. The summed E-state index contributed by atoms with van der Waals surface area (Å²) in [4.78, 5) is 30.1. The van der Waals surface area contributed by atoms with Crippen LogP contribution in [0.15, 0.2) is 64.1 Å². The first-order chi connectivity index (χ1) is 13.2. The van der Waals surface area contributed by atoms with E-state index < -0.39 is 5.63 Å². The number of aromatic nitrogens is 1. The summed E-state index contributed by atoms with van der Waals surface area (Å²) < 4.78 is 10.8. The van der Waals surface area contributed by atoms with Gasteiger partial charge in [-0.3, -0.25) is 9.78 Å². The first-order valence-electron chi connectivity index (χ1n) is 8.77. The molecule has 7 nitrogen and oxygen atoms in total. The van der Waals surface area contributed by atoms with Crippen molar-refractivity contribution in [1.82, 2.24) is 15.2 Å². The third kappa shape index (κ3) is 4.32. The Balaban J connectivity index is 0.00000225. The van der Waals surface area contributed by atoms with Crippen LogP contribution in [0.1, 0.15) is 11.6 Å². The number of carbonyl (C=O) groups excluding carboxylic acids is 1. The first-order valence-corrected chi connectivity index (χ1v) is 8.77. The molecule has 0 bridgehead atoms. The van der Waals surface area contributed by atoms with Crippen LogP contribution in [0.4, 0.5) is 0 Å². The smallest absolute Gasteiger partial charge is 0.336 e. The van der Waals surface area contributed by atoms with E-state index in [9.17, 15) is 9.59 Å². The molecule has 3 heterocycles. The van der Waals surface area contributed by atoms with Crippen LogP contribution in [-0.4, -0.2) is 42.0 Å². The molecule has 146 valence electrons. The molecule has 1 atom stereocenters. The summed E-state index contributed by atoms with van der Waals surface area (Å²) in [6.45, 7) is 1.94. The minimum atomic E-state index is -0.421. The van der Waals surface area contributed by atoms with E-state index in [-0.39, 0.29) is 31.0 Å². The highest BCUT2D eigenvalue weighted by Gasteiger charge is 2.28. The number of halogens is 1.